The molecule has 0 spiro atoms. The smallest absolute Gasteiger partial charge is 0.193 e. The second-order valence-corrected chi connectivity index (χ2v) is 3.80. The van der Waals surface area contributed by atoms with Crippen LogP contribution in [0, 0.1) is 0 Å². The predicted molar refractivity (Wildman–Crippen MR) is 76.3 cm³/mol. The first-order chi connectivity index (χ1) is 9.34. The standard InChI is InChI=1S/C14H16N4O/c15-14(18-12-5-2-1-3-6-12)17-9-10-19-13-7-4-8-16-11-13/h1-8,11H,9-10H2,(H3,15,17,18). The number of rotatable bonds is 5. The molecular formula is C14H16N4O. The molecular weight excluding hydrogens is 240 g/mol. The minimum absolute atomic E-state index is 0.376. The molecule has 98 valence electrons. The van der Waals surface area contributed by atoms with Crippen LogP contribution in [0.5, 0.6) is 5.75 Å². The third-order valence-corrected chi connectivity index (χ3v) is 2.32. The number of guanidine groups is 1. The van der Waals surface area contributed by atoms with Crippen LogP contribution >= 0.6 is 0 Å². The zero-order chi connectivity index (χ0) is 13.3. The van der Waals surface area contributed by atoms with Gasteiger partial charge in [-0.3, -0.25) is 4.98 Å². The zero-order valence-corrected chi connectivity index (χ0v) is 10.5. The maximum absolute atomic E-state index is 5.76. The van der Waals surface area contributed by atoms with E-state index in [-0.39, 0.29) is 0 Å². The van der Waals surface area contributed by atoms with Crippen molar-refractivity contribution in [2.45, 2.75) is 0 Å². The Morgan fingerprint density at radius 3 is 2.79 bits per heavy atom. The van der Waals surface area contributed by atoms with Gasteiger partial charge in [0, 0.05) is 11.9 Å². The number of para-hydroxylation sites is 1. The van der Waals surface area contributed by atoms with Crippen molar-refractivity contribution in [3.05, 3.63) is 54.9 Å². The predicted octanol–water partition coefficient (Wildman–Crippen LogP) is 1.89. The number of anilines is 1. The fraction of sp³-hybridized carbons (Fsp3) is 0.143. The van der Waals surface area contributed by atoms with Gasteiger partial charge in [-0.05, 0) is 24.3 Å². The van der Waals surface area contributed by atoms with Gasteiger partial charge in [0.25, 0.3) is 0 Å². The van der Waals surface area contributed by atoms with Gasteiger partial charge in [-0.1, -0.05) is 18.2 Å². The highest BCUT2D eigenvalue weighted by Crippen LogP contribution is 2.06. The van der Waals surface area contributed by atoms with Crippen molar-refractivity contribution < 1.29 is 4.74 Å². The molecule has 19 heavy (non-hydrogen) atoms. The van der Waals surface area contributed by atoms with Crippen LogP contribution in [0.3, 0.4) is 0 Å². The molecule has 1 heterocycles. The summed E-state index contributed by atoms with van der Waals surface area (Å²) in [6.07, 6.45) is 3.36. The molecule has 0 bridgehead atoms. The van der Waals surface area contributed by atoms with E-state index in [2.05, 4.69) is 15.3 Å². The number of pyridine rings is 1. The largest absolute Gasteiger partial charge is 0.490 e. The highest BCUT2D eigenvalue weighted by atomic mass is 16.5. The van der Waals surface area contributed by atoms with Gasteiger partial charge < -0.3 is 15.8 Å². The minimum Gasteiger partial charge on any atom is -0.490 e. The van der Waals surface area contributed by atoms with Crippen LogP contribution in [0.1, 0.15) is 0 Å². The Morgan fingerprint density at radius 1 is 1.21 bits per heavy atom. The molecule has 3 N–H and O–H groups in total. The van der Waals surface area contributed by atoms with E-state index in [1.165, 1.54) is 0 Å². The fourth-order valence-corrected chi connectivity index (χ4v) is 1.47. The number of nitrogens with one attached hydrogen (secondary N) is 1. The first-order valence-corrected chi connectivity index (χ1v) is 5.99. The summed E-state index contributed by atoms with van der Waals surface area (Å²) >= 11 is 0. The molecule has 0 aliphatic heterocycles. The molecule has 0 saturated heterocycles. The topological polar surface area (TPSA) is 72.5 Å². The van der Waals surface area contributed by atoms with Crippen LogP contribution in [0.15, 0.2) is 59.9 Å². The van der Waals surface area contributed by atoms with Gasteiger partial charge in [-0.25, -0.2) is 4.99 Å². The molecule has 1 aromatic carbocycles. The number of aromatic nitrogens is 1. The van der Waals surface area contributed by atoms with E-state index >= 15 is 0 Å². The van der Waals surface area contributed by atoms with Gasteiger partial charge in [-0.2, -0.15) is 0 Å². The SMILES string of the molecule is NC(=NCCOc1cccnc1)Nc1ccccc1. The van der Waals surface area contributed by atoms with Gasteiger partial charge in [0.15, 0.2) is 5.96 Å². The quantitative estimate of drug-likeness (QED) is 0.487. The maximum atomic E-state index is 5.76. The summed E-state index contributed by atoms with van der Waals surface area (Å²) in [5, 5.41) is 3.00. The van der Waals surface area contributed by atoms with Crippen molar-refractivity contribution in [1.29, 1.82) is 0 Å². The molecule has 0 saturated carbocycles. The maximum Gasteiger partial charge on any atom is 0.193 e. The van der Waals surface area contributed by atoms with E-state index in [1.807, 2.05) is 42.5 Å². The lowest BCUT2D eigenvalue weighted by atomic mass is 10.3. The highest BCUT2D eigenvalue weighted by molar-refractivity contribution is 5.92. The summed E-state index contributed by atoms with van der Waals surface area (Å²) in [5.41, 5.74) is 6.67. The Balaban J connectivity index is 1.73. The van der Waals surface area contributed by atoms with Crippen LogP contribution in [-0.4, -0.2) is 24.1 Å². The Hall–Kier alpha value is -2.56. The van der Waals surface area contributed by atoms with Crippen LogP contribution in [0.25, 0.3) is 0 Å². The second kappa shape index (κ2) is 7.00. The third kappa shape index (κ3) is 4.67. The van der Waals surface area contributed by atoms with Crippen molar-refractivity contribution >= 4 is 11.6 Å². The van der Waals surface area contributed by atoms with Crippen LogP contribution in [0.2, 0.25) is 0 Å². The molecule has 2 aromatic rings. The fourth-order valence-electron chi connectivity index (χ4n) is 1.47. The minimum atomic E-state index is 0.376. The van der Waals surface area contributed by atoms with Gasteiger partial charge >= 0.3 is 0 Å². The molecule has 0 fully saturated rings. The van der Waals surface area contributed by atoms with Gasteiger partial charge in [0.1, 0.15) is 12.4 Å². The molecule has 1 aromatic heterocycles. The number of hydrogen-bond acceptors (Lipinski definition) is 3. The summed E-state index contributed by atoms with van der Waals surface area (Å²) in [5.74, 6) is 1.10. The molecule has 0 amide bonds. The lowest BCUT2D eigenvalue weighted by molar-refractivity contribution is 0.327. The van der Waals surface area contributed by atoms with E-state index in [0.29, 0.717) is 19.1 Å². The number of aliphatic imine (C=N–C) groups is 1. The molecule has 0 atom stereocenters. The molecule has 0 unspecified atom stereocenters. The van der Waals surface area contributed by atoms with Crippen LogP contribution < -0.4 is 15.8 Å². The number of hydrogen-bond donors (Lipinski definition) is 2. The summed E-state index contributed by atoms with van der Waals surface area (Å²) in [6, 6.07) is 13.3. The van der Waals surface area contributed by atoms with E-state index in [4.69, 9.17) is 10.5 Å². The number of nitrogens with zero attached hydrogens (tertiary/aromatic N) is 2. The first-order valence-electron chi connectivity index (χ1n) is 5.99. The second-order valence-electron chi connectivity index (χ2n) is 3.80. The Kier molecular flexibility index (Phi) is 4.75. The molecule has 2 rings (SSSR count). The number of benzene rings is 1. The number of ether oxygens (including phenoxy) is 1. The van der Waals surface area contributed by atoms with Crippen molar-refractivity contribution in [2.24, 2.45) is 10.7 Å². The molecule has 5 nitrogen and oxygen atoms in total. The molecule has 0 radical (unpaired) electrons. The first kappa shape index (κ1) is 12.9. The summed E-state index contributed by atoms with van der Waals surface area (Å²) < 4.78 is 5.45. The van der Waals surface area contributed by atoms with Crippen molar-refractivity contribution in [3.63, 3.8) is 0 Å². The average Bonchev–Trinajstić information content (AvgIpc) is 2.46. The van der Waals surface area contributed by atoms with Gasteiger partial charge in [0.2, 0.25) is 0 Å². The molecule has 5 heteroatoms. The van der Waals surface area contributed by atoms with E-state index < -0.39 is 0 Å². The Labute approximate surface area is 112 Å². The number of nitrogens with two attached hydrogens (primary N) is 1. The lowest BCUT2D eigenvalue weighted by Crippen LogP contribution is -2.23. The lowest BCUT2D eigenvalue weighted by Gasteiger charge is -2.06. The van der Waals surface area contributed by atoms with E-state index in [9.17, 15) is 0 Å². The van der Waals surface area contributed by atoms with Gasteiger partial charge in [-0.15, -0.1) is 0 Å². The summed E-state index contributed by atoms with van der Waals surface area (Å²) in [7, 11) is 0. The zero-order valence-electron chi connectivity index (χ0n) is 10.5. The monoisotopic (exact) mass is 256 g/mol. The van der Waals surface area contributed by atoms with Crippen LogP contribution in [-0.2, 0) is 0 Å². The van der Waals surface area contributed by atoms with Crippen molar-refractivity contribution in [2.75, 3.05) is 18.5 Å². The van der Waals surface area contributed by atoms with Crippen LogP contribution in [0.4, 0.5) is 5.69 Å². The highest BCUT2D eigenvalue weighted by Gasteiger charge is 1.94. The summed E-state index contributed by atoms with van der Waals surface area (Å²) in [6.45, 7) is 0.948. The molecule has 0 aliphatic rings. The molecule has 0 aliphatic carbocycles. The Morgan fingerprint density at radius 2 is 2.05 bits per heavy atom. The van der Waals surface area contributed by atoms with Crippen molar-refractivity contribution in [3.8, 4) is 5.75 Å². The Bertz CT molecular complexity index is 513. The van der Waals surface area contributed by atoms with E-state index in [1.54, 1.807) is 12.4 Å². The average molecular weight is 256 g/mol. The van der Waals surface area contributed by atoms with Crippen molar-refractivity contribution in [1.82, 2.24) is 4.98 Å². The van der Waals surface area contributed by atoms with Gasteiger partial charge in [0.05, 0.1) is 12.7 Å². The van der Waals surface area contributed by atoms with E-state index in [0.717, 1.165) is 11.4 Å². The normalized spacial score (nSPS) is 11.1. The third-order valence-electron chi connectivity index (χ3n) is 2.32. The summed E-state index contributed by atoms with van der Waals surface area (Å²) in [4.78, 5) is 8.13.